The molecule has 1 heterocycles. The lowest BCUT2D eigenvalue weighted by Gasteiger charge is -2.37. The van der Waals surface area contributed by atoms with Crippen LogP contribution in [0.15, 0.2) is 48.6 Å². The number of aliphatic hydroxyl groups is 2. The van der Waals surface area contributed by atoms with E-state index in [1.807, 2.05) is 58.9 Å². The van der Waals surface area contributed by atoms with Crippen LogP contribution in [0.25, 0.3) is 0 Å². The molecule has 0 aromatic carbocycles. The van der Waals surface area contributed by atoms with Crippen molar-refractivity contribution in [2.75, 3.05) is 27.8 Å². The fourth-order valence-corrected chi connectivity index (χ4v) is 6.47. The molecule has 10 nitrogen and oxygen atoms in total. The van der Waals surface area contributed by atoms with Crippen LogP contribution in [-0.4, -0.2) is 87.1 Å². The van der Waals surface area contributed by atoms with Crippen LogP contribution in [0.4, 0.5) is 0 Å². The summed E-state index contributed by atoms with van der Waals surface area (Å²) in [6, 6.07) is 0. The molecule has 1 rings (SSSR count). The Morgan fingerprint density at radius 1 is 0.957 bits per heavy atom. The Hall–Kier alpha value is -2.34. The fraction of sp³-hybridized carbons (Fsp3) is 0.730. The van der Waals surface area contributed by atoms with Crippen molar-refractivity contribution in [3.8, 4) is 0 Å². The molecule has 0 amide bonds. The summed E-state index contributed by atoms with van der Waals surface area (Å²) in [5, 5.41) is 21.8. The molecule has 13 atom stereocenters. The molecule has 0 aliphatic carbocycles. The summed E-state index contributed by atoms with van der Waals surface area (Å²) in [6.45, 7) is 19.9. The third-order valence-electron chi connectivity index (χ3n) is 9.30. The number of carbonyl (C=O) groups is 2. The quantitative estimate of drug-likeness (QED) is 0.0465. The van der Waals surface area contributed by atoms with Gasteiger partial charge in [0.05, 0.1) is 30.3 Å². The minimum atomic E-state index is -0.781. The van der Waals surface area contributed by atoms with Crippen LogP contribution in [0.1, 0.15) is 68.2 Å². The minimum Gasteiger partial charge on any atom is -0.464 e. The van der Waals surface area contributed by atoms with E-state index in [1.54, 1.807) is 27.2 Å². The maximum Gasteiger partial charge on any atom is 0.311 e. The molecular formula is C37H62O10. The largest absolute Gasteiger partial charge is 0.464 e. The van der Waals surface area contributed by atoms with Crippen molar-refractivity contribution >= 4 is 12.4 Å². The van der Waals surface area contributed by atoms with Gasteiger partial charge in [-0.15, -0.1) is 0 Å². The number of rotatable bonds is 23. The molecular weight excluding hydrogens is 604 g/mol. The van der Waals surface area contributed by atoms with E-state index in [-0.39, 0.29) is 55.2 Å². The van der Waals surface area contributed by atoms with Gasteiger partial charge in [-0.25, -0.2) is 0 Å². The lowest BCUT2D eigenvalue weighted by molar-refractivity contribution is -0.181. The molecule has 1 aliphatic rings. The molecule has 1 saturated heterocycles. The lowest BCUT2D eigenvalue weighted by atomic mass is 9.81. The standard InChI is InChI=1S/C37H62O10/c1-12-13-14-24(3)36(44-20-38)29(8)33(39)26(5)17-23(2)18-27(6)35(46-22-43-11)25(4)15-16-31(45-21-42-10)19-32-28(7)34(40)30(9)37(41)47-32/h12-16,18,20,24-36,39-40H,1,17,19,21-22H2,2-11H3/b14-13-,16-15-,23-18-/t24-,25-,26?,27-,28?,29?,30+,31+,32-,33?,34?,35-,36?/m0/s1. The van der Waals surface area contributed by atoms with Crippen LogP contribution in [0.5, 0.6) is 0 Å². The zero-order valence-corrected chi connectivity index (χ0v) is 30.2. The molecule has 1 aliphatic heterocycles. The number of esters is 1. The first-order valence-corrected chi connectivity index (χ1v) is 16.7. The van der Waals surface area contributed by atoms with E-state index in [2.05, 4.69) is 26.5 Å². The molecule has 0 radical (unpaired) electrons. The van der Waals surface area contributed by atoms with Gasteiger partial charge in [-0.3, -0.25) is 9.59 Å². The summed E-state index contributed by atoms with van der Waals surface area (Å²) in [7, 11) is 3.13. The number of cyclic esters (lactones) is 1. The Morgan fingerprint density at radius 2 is 1.57 bits per heavy atom. The SMILES string of the molecule is C=C/C=C\[C@H](C)C(OC=O)C(C)C(O)C(C)C/C(C)=C\[C@H](C)[C@@H](OCOC)[C@@H](C)/C=C\[C@H](C[C@@H]1OC(=O)[C@H](C)C(O)C1C)OCOC. The van der Waals surface area contributed by atoms with E-state index in [4.69, 9.17) is 28.4 Å². The van der Waals surface area contributed by atoms with E-state index in [1.165, 1.54) is 0 Å². The maximum atomic E-state index is 12.3. The number of methoxy groups -OCH3 is 2. The van der Waals surface area contributed by atoms with Gasteiger partial charge in [-0.1, -0.05) is 90.2 Å². The molecule has 0 aromatic rings. The zero-order valence-electron chi connectivity index (χ0n) is 30.2. The smallest absolute Gasteiger partial charge is 0.311 e. The molecule has 270 valence electrons. The van der Waals surface area contributed by atoms with Gasteiger partial charge < -0.3 is 38.6 Å². The van der Waals surface area contributed by atoms with Gasteiger partial charge in [0.25, 0.3) is 6.47 Å². The number of ether oxygens (including phenoxy) is 6. The molecule has 0 aromatic heterocycles. The number of allylic oxidation sites excluding steroid dienone is 3. The van der Waals surface area contributed by atoms with Crippen LogP contribution >= 0.6 is 0 Å². The third kappa shape index (κ3) is 14.0. The highest BCUT2D eigenvalue weighted by atomic mass is 16.7. The topological polar surface area (TPSA) is 130 Å². The number of hydrogen-bond acceptors (Lipinski definition) is 10. The van der Waals surface area contributed by atoms with Crippen LogP contribution in [0.2, 0.25) is 0 Å². The van der Waals surface area contributed by atoms with Gasteiger partial charge in [0, 0.05) is 50.2 Å². The molecule has 2 N–H and O–H groups in total. The predicted molar refractivity (Wildman–Crippen MR) is 182 cm³/mol. The van der Waals surface area contributed by atoms with Crippen molar-refractivity contribution in [2.45, 2.75) is 105 Å². The van der Waals surface area contributed by atoms with E-state index in [0.29, 0.717) is 19.3 Å². The van der Waals surface area contributed by atoms with Gasteiger partial charge in [-0.2, -0.15) is 0 Å². The van der Waals surface area contributed by atoms with Crippen LogP contribution < -0.4 is 0 Å². The van der Waals surface area contributed by atoms with Gasteiger partial charge in [-0.05, 0) is 26.2 Å². The first kappa shape index (κ1) is 42.7. The highest BCUT2D eigenvalue weighted by Gasteiger charge is 2.41. The predicted octanol–water partition coefficient (Wildman–Crippen LogP) is 5.63. The van der Waals surface area contributed by atoms with Crippen LogP contribution in [0, 0.1) is 41.4 Å². The molecule has 47 heavy (non-hydrogen) atoms. The summed E-state index contributed by atoms with van der Waals surface area (Å²) >= 11 is 0. The summed E-state index contributed by atoms with van der Waals surface area (Å²) in [5.74, 6) is -1.73. The molecule has 10 heteroatoms. The minimum absolute atomic E-state index is 0.00364. The summed E-state index contributed by atoms with van der Waals surface area (Å²) in [4.78, 5) is 23.5. The number of aliphatic hydroxyl groups excluding tert-OH is 2. The van der Waals surface area contributed by atoms with Crippen molar-refractivity contribution < 1.29 is 48.2 Å². The first-order chi connectivity index (χ1) is 22.2. The van der Waals surface area contributed by atoms with Crippen LogP contribution in [-0.2, 0) is 38.0 Å². The fourth-order valence-electron chi connectivity index (χ4n) is 6.47. The number of carbonyl (C=O) groups excluding carboxylic acids is 2. The van der Waals surface area contributed by atoms with Gasteiger partial charge in [0.1, 0.15) is 25.8 Å². The molecule has 1 fully saturated rings. The highest BCUT2D eigenvalue weighted by molar-refractivity contribution is 5.73. The summed E-state index contributed by atoms with van der Waals surface area (Å²) in [6.07, 6.45) is 9.46. The zero-order chi connectivity index (χ0) is 35.7. The Balaban J connectivity index is 3.05. The maximum absolute atomic E-state index is 12.3. The van der Waals surface area contributed by atoms with Crippen LogP contribution in [0.3, 0.4) is 0 Å². The highest BCUT2D eigenvalue weighted by Crippen LogP contribution is 2.31. The summed E-state index contributed by atoms with van der Waals surface area (Å²) in [5.41, 5.74) is 1.10. The van der Waals surface area contributed by atoms with E-state index in [0.717, 1.165) is 5.57 Å². The lowest BCUT2D eigenvalue weighted by Crippen LogP contribution is -2.47. The van der Waals surface area contributed by atoms with Gasteiger partial charge in [0.15, 0.2) is 0 Å². The van der Waals surface area contributed by atoms with E-state index < -0.39 is 42.4 Å². The summed E-state index contributed by atoms with van der Waals surface area (Å²) < 4.78 is 33.5. The second kappa shape index (κ2) is 22.3. The molecule has 0 saturated carbocycles. The average molecular weight is 667 g/mol. The van der Waals surface area contributed by atoms with Gasteiger partial charge in [0.2, 0.25) is 0 Å². The van der Waals surface area contributed by atoms with Gasteiger partial charge >= 0.3 is 5.97 Å². The molecule has 6 unspecified atom stereocenters. The van der Waals surface area contributed by atoms with Crippen molar-refractivity contribution in [3.63, 3.8) is 0 Å². The molecule has 0 spiro atoms. The first-order valence-electron chi connectivity index (χ1n) is 16.7. The normalized spacial score (nSPS) is 26.6. The van der Waals surface area contributed by atoms with E-state index >= 15 is 0 Å². The third-order valence-corrected chi connectivity index (χ3v) is 9.30. The number of hydrogen-bond donors (Lipinski definition) is 2. The van der Waals surface area contributed by atoms with Crippen molar-refractivity contribution in [2.24, 2.45) is 41.4 Å². The molecule has 0 bridgehead atoms. The second-order valence-corrected chi connectivity index (χ2v) is 13.3. The van der Waals surface area contributed by atoms with E-state index in [9.17, 15) is 19.8 Å². The Kier molecular flexibility index (Phi) is 20.3. The van der Waals surface area contributed by atoms with Crippen molar-refractivity contribution in [3.05, 3.63) is 48.6 Å². The Labute approximate surface area is 283 Å². The average Bonchev–Trinajstić information content (AvgIpc) is 3.04. The van der Waals surface area contributed by atoms with Crippen molar-refractivity contribution in [1.29, 1.82) is 0 Å². The monoisotopic (exact) mass is 666 g/mol. The van der Waals surface area contributed by atoms with Crippen molar-refractivity contribution in [1.82, 2.24) is 0 Å². The Bertz CT molecular complexity index is 1010. The Morgan fingerprint density at radius 3 is 2.17 bits per heavy atom. The second-order valence-electron chi connectivity index (χ2n) is 13.3.